The fourth-order valence-corrected chi connectivity index (χ4v) is 3.84. The van der Waals surface area contributed by atoms with Gasteiger partial charge in [0.25, 0.3) is 0 Å². The number of nitrogens with zero attached hydrogens (tertiary/aromatic N) is 2. The number of benzene rings is 1. The lowest BCUT2D eigenvalue weighted by Gasteiger charge is -2.27. The van der Waals surface area contributed by atoms with E-state index in [1.54, 1.807) is 0 Å². The van der Waals surface area contributed by atoms with E-state index >= 15 is 0 Å². The van der Waals surface area contributed by atoms with Crippen molar-refractivity contribution in [3.63, 3.8) is 0 Å². The summed E-state index contributed by atoms with van der Waals surface area (Å²) in [6.07, 6.45) is 3.17. The van der Waals surface area contributed by atoms with Crippen molar-refractivity contribution >= 4 is 5.91 Å². The van der Waals surface area contributed by atoms with Gasteiger partial charge in [0.2, 0.25) is 5.91 Å². The fourth-order valence-electron chi connectivity index (χ4n) is 3.84. The highest BCUT2D eigenvalue weighted by Crippen LogP contribution is 2.28. The number of carbonyl (C=O) groups is 1. The maximum absolute atomic E-state index is 12.7. The Morgan fingerprint density at radius 1 is 1.13 bits per heavy atom. The lowest BCUT2D eigenvalue weighted by molar-refractivity contribution is -0.138. The predicted molar refractivity (Wildman–Crippen MR) is 90.9 cm³/mol. The van der Waals surface area contributed by atoms with E-state index < -0.39 is 6.10 Å². The van der Waals surface area contributed by atoms with Crippen LogP contribution in [0.2, 0.25) is 0 Å². The first-order valence-corrected chi connectivity index (χ1v) is 8.90. The van der Waals surface area contributed by atoms with Crippen LogP contribution in [-0.4, -0.2) is 52.6 Å². The molecule has 4 heteroatoms. The summed E-state index contributed by atoms with van der Waals surface area (Å²) in [5, 5.41) is 10.0. The van der Waals surface area contributed by atoms with Crippen molar-refractivity contribution in [3.05, 3.63) is 35.9 Å². The third-order valence-electron chi connectivity index (χ3n) is 5.43. The second kappa shape index (κ2) is 7.45. The summed E-state index contributed by atoms with van der Waals surface area (Å²) < 4.78 is 0. The van der Waals surface area contributed by atoms with Crippen LogP contribution >= 0.6 is 0 Å². The molecule has 0 aromatic heterocycles. The molecule has 23 heavy (non-hydrogen) atoms. The zero-order valence-electron chi connectivity index (χ0n) is 14.0. The normalized spacial score (nSPS) is 29.5. The minimum atomic E-state index is -0.427. The summed E-state index contributed by atoms with van der Waals surface area (Å²) in [6, 6.07) is 11.0. The molecular weight excluding hydrogens is 288 g/mol. The van der Waals surface area contributed by atoms with E-state index in [-0.39, 0.29) is 11.8 Å². The molecule has 3 rings (SSSR count). The average molecular weight is 316 g/mol. The molecule has 1 saturated carbocycles. The standard InChI is InChI=1S/C19H28N2O2/c1-15-10-11-20(19(23)17-8-5-9-18(17)22)12-13-21(15)14-16-6-3-2-4-7-16/h2-4,6-7,15,17-18,22H,5,8-14H2,1H3. The van der Waals surface area contributed by atoms with E-state index in [1.165, 1.54) is 5.56 Å². The molecule has 0 spiro atoms. The average Bonchev–Trinajstić information content (AvgIpc) is 2.91. The molecule has 126 valence electrons. The lowest BCUT2D eigenvalue weighted by Crippen LogP contribution is -2.41. The minimum Gasteiger partial charge on any atom is -0.392 e. The zero-order chi connectivity index (χ0) is 16.2. The van der Waals surface area contributed by atoms with E-state index in [0.29, 0.717) is 6.04 Å². The van der Waals surface area contributed by atoms with Crippen LogP contribution in [0, 0.1) is 5.92 Å². The van der Waals surface area contributed by atoms with Gasteiger partial charge in [-0.05, 0) is 38.2 Å². The lowest BCUT2D eigenvalue weighted by atomic mass is 10.0. The predicted octanol–water partition coefficient (Wildman–Crippen LogP) is 2.27. The van der Waals surface area contributed by atoms with E-state index in [9.17, 15) is 9.90 Å². The molecule has 1 heterocycles. The summed E-state index contributed by atoms with van der Waals surface area (Å²) >= 11 is 0. The second-order valence-corrected chi connectivity index (χ2v) is 7.02. The van der Waals surface area contributed by atoms with Crippen molar-refractivity contribution in [1.82, 2.24) is 9.80 Å². The second-order valence-electron chi connectivity index (χ2n) is 7.02. The molecule has 1 aliphatic carbocycles. The summed E-state index contributed by atoms with van der Waals surface area (Å²) in [4.78, 5) is 17.1. The first kappa shape index (κ1) is 16.5. The Hall–Kier alpha value is -1.39. The Bertz CT molecular complexity index is 519. The SMILES string of the molecule is CC1CCN(C(=O)C2CCCC2O)CCN1Cc1ccccc1. The number of aliphatic hydroxyl groups excluding tert-OH is 1. The number of rotatable bonds is 3. The number of hydrogen-bond acceptors (Lipinski definition) is 3. The Balaban J connectivity index is 1.60. The Morgan fingerprint density at radius 3 is 2.61 bits per heavy atom. The maximum atomic E-state index is 12.7. The summed E-state index contributed by atoms with van der Waals surface area (Å²) in [5.74, 6) is 0.00902. The van der Waals surface area contributed by atoms with Gasteiger partial charge in [-0.25, -0.2) is 0 Å². The molecule has 1 aromatic carbocycles. The highest BCUT2D eigenvalue weighted by molar-refractivity contribution is 5.79. The van der Waals surface area contributed by atoms with Gasteiger partial charge in [-0.1, -0.05) is 30.3 Å². The van der Waals surface area contributed by atoms with Gasteiger partial charge >= 0.3 is 0 Å². The molecular formula is C19H28N2O2. The smallest absolute Gasteiger partial charge is 0.228 e. The minimum absolute atomic E-state index is 0.161. The van der Waals surface area contributed by atoms with Crippen LogP contribution in [0.25, 0.3) is 0 Å². The third-order valence-corrected chi connectivity index (χ3v) is 5.43. The van der Waals surface area contributed by atoms with Gasteiger partial charge in [-0.15, -0.1) is 0 Å². The molecule has 0 radical (unpaired) electrons. The van der Waals surface area contributed by atoms with Crippen LogP contribution < -0.4 is 0 Å². The van der Waals surface area contributed by atoms with Crippen molar-refractivity contribution in [3.8, 4) is 0 Å². The number of hydrogen-bond donors (Lipinski definition) is 1. The zero-order valence-corrected chi connectivity index (χ0v) is 14.0. The van der Waals surface area contributed by atoms with Gasteiger partial charge in [0.1, 0.15) is 0 Å². The maximum Gasteiger partial charge on any atom is 0.228 e. The van der Waals surface area contributed by atoms with Gasteiger partial charge in [0.15, 0.2) is 0 Å². The number of carbonyl (C=O) groups excluding carboxylic acids is 1. The van der Waals surface area contributed by atoms with Crippen molar-refractivity contribution < 1.29 is 9.90 Å². The molecule has 1 saturated heterocycles. The Labute approximate surface area is 139 Å². The van der Waals surface area contributed by atoms with Crippen LogP contribution in [0.1, 0.15) is 38.2 Å². The van der Waals surface area contributed by atoms with Crippen molar-refractivity contribution in [1.29, 1.82) is 0 Å². The van der Waals surface area contributed by atoms with Crippen molar-refractivity contribution in [2.45, 2.75) is 51.3 Å². The Morgan fingerprint density at radius 2 is 1.91 bits per heavy atom. The molecule has 1 aliphatic heterocycles. The van der Waals surface area contributed by atoms with E-state index in [0.717, 1.165) is 51.9 Å². The molecule has 2 aliphatic rings. The summed E-state index contributed by atoms with van der Waals surface area (Å²) in [6.45, 7) is 5.69. The molecule has 0 bridgehead atoms. The topological polar surface area (TPSA) is 43.8 Å². The summed E-state index contributed by atoms with van der Waals surface area (Å²) in [5.41, 5.74) is 1.32. The quantitative estimate of drug-likeness (QED) is 0.930. The van der Waals surface area contributed by atoms with Crippen molar-refractivity contribution in [2.24, 2.45) is 5.92 Å². The van der Waals surface area contributed by atoms with Crippen LogP contribution in [-0.2, 0) is 11.3 Å². The molecule has 3 atom stereocenters. The first-order valence-electron chi connectivity index (χ1n) is 8.90. The van der Waals surface area contributed by atoms with Crippen LogP contribution in [0.5, 0.6) is 0 Å². The van der Waals surface area contributed by atoms with Crippen LogP contribution in [0.3, 0.4) is 0 Å². The van der Waals surface area contributed by atoms with Gasteiger partial charge in [0, 0.05) is 32.2 Å². The largest absolute Gasteiger partial charge is 0.392 e. The van der Waals surface area contributed by atoms with E-state index in [1.807, 2.05) is 11.0 Å². The van der Waals surface area contributed by atoms with Crippen LogP contribution in [0.4, 0.5) is 0 Å². The van der Waals surface area contributed by atoms with Crippen LogP contribution in [0.15, 0.2) is 30.3 Å². The molecule has 4 nitrogen and oxygen atoms in total. The third kappa shape index (κ3) is 3.93. The summed E-state index contributed by atoms with van der Waals surface area (Å²) in [7, 11) is 0. The Kier molecular flexibility index (Phi) is 5.34. The molecule has 3 unspecified atom stereocenters. The molecule has 1 amide bonds. The number of aliphatic hydroxyl groups is 1. The highest BCUT2D eigenvalue weighted by atomic mass is 16.3. The van der Waals surface area contributed by atoms with Gasteiger partial charge in [-0.2, -0.15) is 0 Å². The van der Waals surface area contributed by atoms with Crippen molar-refractivity contribution in [2.75, 3.05) is 19.6 Å². The number of amides is 1. The van der Waals surface area contributed by atoms with Gasteiger partial charge in [0.05, 0.1) is 12.0 Å². The fraction of sp³-hybridized carbons (Fsp3) is 0.632. The van der Waals surface area contributed by atoms with Gasteiger partial charge < -0.3 is 10.0 Å². The van der Waals surface area contributed by atoms with E-state index in [4.69, 9.17) is 0 Å². The van der Waals surface area contributed by atoms with E-state index in [2.05, 4.69) is 36.1 Å². The highest BCUT2D eigenvalue weighted by Gasteiger charge is 2.35. The monoisotopic (exact) mass is 316 g/mol. The molecule has 1 aromatic rings. The first-order chi connectivity index (χ1) is 11.1. The van der Waals surface area contributed by atoms with Gasteiger partial charge in [-0.3, -0.25) is 9.69 Å². The molecule has 2 fully saturated rings. The molecule has 1 N–H and O–H groups in total.